The number of nitroso groups, excluding NO2 is 1. The van der Waals surface area contributed by atoms with Gasteiger partial charge in [0.25, 0.3) is 5.91 Å². The summed E-state index contributed by atoms with van der Waals surface area (Å²) in [4.78, 5) is 26.6. The summed E-state index contributed by atoms with van der Waals surface area (Å²) in [6, 6.07) is 20.7. The Balaban J connectivity index is 1.77. The molecule has 0 spiro atoms. The maximum absolute atomic E-state index is 12.6. The minimum atomic E-state index is -0.0141. The molecule has 0 bridgehead atoms. The lowest BCUT2D eigenvalue weighted by atomic mass is 10.2. The van der Waals surface area contributed by atoms with Crippen molar-refractivity contribution in [2.45, 2.75) is 6.54 Å². The molecule has 0 aliphatic heterocycles. The smallest absolute Gasteiger partial charge is 0.263 e. The summed E-state index contributed by atoms with van der Waals surface area (Å²) in [6.45, 7) is 0.567. The molecule has 5 heteroatoms. The van der Waals surface area contributed by atoms with Crippen molar-refractivity contribution in [3.8, 4) is 10.4 Å². The lowest BCUT2D eigenvalue weighted by Gasteiger charge is -2.16. The molecule has 120 valence electrons. The highest BCUT2D eigenvalue weighted by Crippen LogP contribution is 2.31. The Kier molecular flexibility index (Phi) is 4.82. The molecule has 2 aromatic carbocycles. The Morgan fingerprint density at radius 3 is 2.58 bits per heavy atom. The fraction of sp³-hybridized carbons (Fsp3) is 0.105. The number of amides is 1. The lowest BCUT2D eigenvalue weighted by Crippen LogP contribution is -2.25. The molecule has 0 N–H and O–H groups in total. The molecule has 0 unspecified atom stereocenters. The zero-order chi connectivity index (χ0) is 16.9. The summed E-state index contributed by atoms with van der Waals surface area (Å²) in [5.41, 5.74) is 2.37. The van der Waals surface area contributed by atoms with Crippen molar-refractivity contribution in [3.05, 3.63) is 82.1 Å². The van der Waals surface area contributed by atoms with Crippen molar-refractivity contribution in [1.29, 1.82) is 0 Å². The molecule has 0 saturated carbocycles. The van der Waals surface area contributed by atoms with Crippen LogP contribution < -0.4 is 0 Å². The number of rotatable bonds is 5. The van der Waals surface area contributed by atoms with Gasteiger partial charge in [0.2, 0.25) is 0 Å². The van der Waals surface area contributed by atoms with Crippen molar-refractivity contribution in [1.82, 2.24) is 4.90 Å². The van der Waals surface area contributed by atoms with Gasteiger partial charge < -0.3 is 4.90 Å². The van der Waals surface area contributed by atoms with Gasteiger partial charge >= 0.3 is 0 Å². The number of nitrogens with zero attached hydrogens (tertiary/aromatic N) is 2. The monoisotopic (exact) mass is 336 g/mol. The molecule has 0 fully saturated rings. The summed E-state index contributed by atoms with van der Waals surface area (Å²) >= 11 is 1.42. The Morgan fingerprint density at radius 1 is 1.04 bits per heavy atom. The molecule has 0 aliphatic rings. The quantitative estimate of drug-likeness (QED) is 0.610. The molecule has 3 aromatic rings. The van der Waals surface area contributed by atoms with E-state index in [-0.39, 0.29) is 5.91 Å². The molecule has 0 atom stereocenters. The average Bonchev–Trinajstić information content (AvgIpc) is 3.12. The van der Waals surface area contributed by atoms with E-state index in [4.69, 9.17) is 0 Å². The maximum Gasteiger partial charge on any atom is 0.263 e. The first-order valence-electron chi connectivity index (χ1n) is 7.50. The zero-order valence-electron chi connectivity index (χ0n) is 13.2. The van der Waals surface area contributed by atoms with Gasteiger partial charge in [0.05, 0.1) is 4.88 Å². The number of hydrogen-bond donors (Lipinski definition) is 0. The van der Waals surface area contributed by atoms with Crippen molar-refractivity contribution in [2.75, 3.05) is 7.05 Å². The van der Waals surface area contributed by atoms with Gasteiger partial charge in [-0.1, -0.05) is 42.5 Å². The maximum atomic E-state index is 12.6. The van der Waals surface area contributed by atoms with Crippen molar-refractivity contribution in [2.24, 2.45) is 5.18 Å². The number of benzene rings is 2. The highest BCUT2D eigenvalue weighted by Gasteiger charge is 2.15. The second-order valence-electron chi connectivity index (χ2n) is 5.45. The van der Waals surface area contributed by atoms with Gasteiger partial charge in [-0.3, -0.25) is 4.79 Å². The van der Waals surface area contributed by atoms with Crippen LogP contribution >= 0.6 is 11.3 Å². The van der Waals surface area contributed by atoms with Crippen LogP contribution in [-0.4, -0.2) is 17.9 Å². The molecular weight excluding hydrogens is 320 g/mol. The Bertz CT molecular complexity index is 859. The summed E-state index contributed by atoms with van der Waals surface area (Å²) in [7, 11) is 1.80. The van der Waals surface area contributed by atoms with E-state index in [2.05, 4.69) is 5.18 Å². The standard InChI is InChI=1S/C19H16N2O2S/c1-21(13-14-6-3-2-4-7-14)19(22)18-11-10-17(24-18)15-8-5-9-16(12-15)20-23/h2-12H,13H2,1H3. The molecular formula is C19H16N2O2S. The fourth-order valence-electron chi connectivity index (χ4n) is 2.44. The summed E-state index contributed by atoms with van der Waals surface area (Å²) in [5.74, 6) is -0.0141. The Morgan fingerprint density at radius 2 is 1.83 bits per heavy atom. The van der Waals surface area contributed by atoms with Crippen LogP contribution in [0.3, 0.4) is 0 Å². The minimum Gasteiger partial charge on any atom is -0.337 e. The highest BCUT2D eigenvalue weighted by molar-refractivity contribution is 7.17. The second kappa shape index (κ2) is 7.19. The van der Waals surface area contributed by atoms with Crippen molar-refractivity contribution >= 4 is 22.9 Å². The first-order valence-corrected chi connectivity index (χ1v) is 8.32. The number of thiophene rings is 1. The topological polar surface area (TPSA) is 49.7 Å². The van der Waals surface area contributed by atoms with E-state index in [0.717, 1.165) is 16.0 Å². The fourth-order valence-corrected chi connectivity index (χ4v) is 3.44. The van der Waals surface area contributed by atoms with E-state index in [9.17, 15) is 9.70 Å². The van der Waals surface area contributed by atoms with E-state index in [0.29, 0.717) is 17.1 Å². The summed E-state index contributed by atoms with van der Waals surface area (Å²) < 4.78 is 0. The van der Waals surface area contributed by atoms with Crippen LogP contribution in [-0.2, 0) is 6.54 Å². The van der Waals surface area contributed by atoms with Gasteiger partial charge in [-0.05, 0) is 40.6 Å². The molecule has 24 heavy (non-hydrogen) atoms. The van der Waals surface area contributed by atoms with Crippen LogP contribution in [0.4, 0.5) is 5.69 Å². The minimum absolute atomic E-state index is 0.0141. The van der Waals surface area contributed by atoms with Crippen LogP contribution in [0.2, 0.25) is 0 Å². The lowest BCUT2D eigenvalue weighted by molar-refractivity contribution is 0.0790. The van der Waals surface area contributed by atoms with Gasteiger partial charge in [0.15, 0.2) is 0 Å². The van der Waals surface area contributed by atoms with Crippen molar-refractivity contribution < 1.29 is 4.79 Å². The van der Waals surface area contributed by atoms with Gasteiger partial charge in [-0.2, -0.15) is 0 Å². The van der Waals surface area contributed by atoms with Crippen LogP contribution in [0, 0.1) is 4.91 Å². The van der Waals surface area contributed by atoms with Crippen LogP contribution in [0.5, 0.6) is 0 Å². The molecule has 4 nitrogen and oxygen atoms in total. The van der Waals surface area contributed by atoms with E-state index in [1.165, 1.54) is 11.3 Å². The number of hydrogen-bond acceptors (Lipinski definition) is 4. The Hall–Kier alpha value is -2.79. The predicted octanol–water partition coefficient (Wildman–Crippen LogP) is 5.09. The summed E-state index contributed by atoms with van der Waals surface area (Å²) in [5, 5.41) is 2.95. The van der Waals surface area contributed by atoms with E-state index in [1.807, 2.05) is 48.5 Å². The molecule has 3 rings (SSSR count). The van der Waals surface area contributed by atoms with E-state index < -0.39 is 0 Å². The van der Waals surface area contributed by atoms with Crippen LogP contribution in [0.1, 0.15) is 15.2 Å². The normalized spacial score (nSPS) is 10.4. The zero-order valence-corrected chi connectivity index (χ0v) is 14.0. The third-order valence-electron chi connectivity index (χ3n) is 3.66. The van der Waals surface area contributed by atoms with Crippen molar-refractivity contribution in [3.63, 3.8) is 0 Å². The first kappa shape index (κ1) is 16.1. The summed E-state index contributed by atoms with van der Waals surface area (Å²) in [6.07, 6.45) is 0. The van der Waals surface area contributed by atoms with Gasteiger partial charge in [0, 0.05) is 18.5 Å². The second-order valence-corrected chi connectivity index (χ2v) is 6.54. The molecule has 1 heterocycles. The predicted molar refractivity (Wildman–Crippen MR) is 97.4 cm³/mol. The van der Waals surface area contributed by atoms with Gasteiger partial charge in [-0.15, -0.1) is 16.2 Å². The van der Waals surface area contributed by atoms with Gasteiger partial charge in [-0.25, -0.2) is 0 Å². The van der Waals surface area contributed by atoms with Crippen LogP contribution in [0.25, 0.3) is 10.4 Å². The average molecular weight is 336 g/mol. The molecule has 0 saturated heterocycles. The first-order chi connectivity index (χ1) is 11.7. The SMILES string of the molecule is CN(Cc1ccccc1)C(=O)c1ccc(-c2cccc(N=O)c2)s1. The number of carbonyl (C=O) groups excluding carboxylic acids is 1. The largest absolute Gasteiger partial charge is 0.337 e. The van der Waals surface area contributed by atoms with Gasteiger partial charge in [0.1, 0.15) is 5.69 Å². The van der Waals surface area contributed by atoms with Crippen LogP contribution in [0.15, 0.2) is 71.9 Å². The molecule has 1 amide bonds. The molecule has 1 aromatic heterocycles. The van der Waals surface area contributed by atoms with E-state index in [1.54, 1.807) is 30.1 Å². The third-order valence-corrected chi connectivity index (χ3v) is 4.78. The molecule has 0 aliphatic carbocycles. The Labute approximate surface area is 144 Å². The van der Waals surface area contributed by atoms with E-state index >= 15 is 0 Å². The highest BCUT2D eigenvalue weighted by atomic mass is 32.1. The molecule has 0 radical (unpaired) electrons. The third kappa shape index (κ3) is 3.58. The number of carbonyl (C=O) groups is 1.